The summed E-state index contributed by atoms with van der Waals surface area (Å²) >= 11 is 1.29. The number of nitrogens with zero attached hydrogens (tertiary/aromatic N) is 2. The fourth-order valence-electron chi connectivity index (χ4n) is 4.54. The molecule has 3 aromatic rings. The van der Waals surface area contributed by atoms with Gasteiger partial charge in [0, 0.05) is 22.5 Å². The average molecular weight is 510 g/mol. The van der Waals surface area contributed by atoms with E-state index in [9.17, 15) is 14.4 Å². The van der Waals surface area contributed by atoms with E-state index in [0.717, 1.165) is 36.1 Å². The molecule has 0 radical (unpaired) electrons. The van der Waals surface area contributed by atoms with Gasteiger partial charge in [-0.25, -0.2) is 9.78 Å². The van der Waals surface area contributed by atoms with Gasteiger partial charge in [0.2, 0.25) is 11.7 Å². The van der Waals surface area contributed by atoms with Crippen LogP contribution in [0.2, 0.25) is 0 Å². The zero-order valence-corrected chi connectivity index (χ0v) is 21.8. The van der Waals surface area contributed by atoms with Crippen LogP contribution < -0.4 is 10.2 Å². The van der Waals surface area contributed by atoms with E-state index in [1.165, 1.54) is 31.0 Å². The molecule has 0 saturated heterocycles. The van der Waals surface area contributed by atoms with E-state index in [1.807, 2.05) is 32.0 Å². The number of esters is 1. The van der Waals surface area contributed by atoms with Crippen molar-refractivity contribution in [2.45, 2.75) is 52.5 Å². The number of rotatable bonds is 7. The molecule has 0 aliphatic heterocycles. The number of hydrogen-bond acceptors (Lipinski definition) is 7. The number of carbonyl (C=O) groups is 3. The molecule has 2 aromatic heterocycles. The normalized spacial score (nSPS) is 17.6. The van der Waals surface area contributed by atoms with Crippen molar-refractivity contribution in [3.8, 4) is 10.4 Å². The molecule has 0 spiro atoms. The average Bonchev–Trinajstić information content (AvgIpc) is 3.55. The number of anilines is 2. The number of methoxy groups -OCH3 is 1. The standard InChI is InChI=1S/C27H31N3O5S/c1-16(2)30(26(32)19-7-5-17(3)6-8-19)21-13-23(36-24(21)27(33)34-4)18-9-11-20(12-10-18)29-25(31)22-14-28-15-35-22/h9-17,19H,5-8H2,1-4H3,(H,29,31)/t17-,19-. The fraction of sp³-hybridized carbons (Fsp3) is 0.407. The van der Waals surface area contributed by atoms with Gasteiger partial charge in [0.25, 0.3) is 5.91 Å². The topological polar surface area (TPSA) is 102 Å². The Bertz CT molecular complexity index is 1210. The van der Waals surface area contributed by atoms with Crippen LogP contribution in [0, 0.1) is 11.8 Å². The van der Waals surface area contributed by atoms with Gasteiger partial charge in [0.15, 0.2) is 6.39 Å². The predicted molar refractivity (Wildman–Crippen MR) is 139 cm³/mol. The molecular formula is C27H31N3O5S. The molecule has 1 aromatic carbocycles. The van der Waals surface area contributed by atoms with Crippen molar-refractivity contribution < 1.29 is 23.5 Å². The van der Waals surface area contributed by atoms with Gasteiger partial charge >= 0.3 is 5.97 Å². The van der Waals surface area contributed by atoms with E-state index in [-0.39, 0.29) is 23.6 Å². The summed E-state index contributed by atoms with van der Waals surface area (Å²) in [7, 11) is 1.35. The first-order valence-electron chi connectivity index (χ1n) is 12.1. The lowest BCUT2D eigenvalue weighted by Gasteiger charge is -2.33. The lowest BCUT2D eigenvalue weighted by atomic mass is 9.82. The summed E-state index contributed by atoms with van der Waals surface area (Å²) in [6, 6.07) is 9.04. The fourth-order valence-corrected chi connectivity index (χ4v) is 5.61. The van der Waals surface area contributed by atoms with Crippen molar-refractivity contribution in [2.75, 3.05) is 17.3 Å². The number of carbonyl (C=O) groups excluding carboxylic acids is 3. The first-order valence-corrected chi connectivity index (χ1v) is 13.0. The molecule has 1 aliphatic carbocycles. The zero-order valence-electron chi connectivity index (χ0n) is 20.9. The molecular weight excluding hydrogens is 478 g/mol. The number of thiophene rings is 1. The maximum Gasteiger partial charge on any atom is 0.350 e. The van der Waals surface area contributed by atoms with Crippen molar-refractivity contribution in [1.29, 1.82) is 0 Å². The van der Waals surface area contributed by atoms with Gasteiger partial charge in [0.1, 0.15) is 4.88 Å². The smallest absolute Gasteiger partial charge is 0.350 e. The van der Waals surface area contributed by atoms with Crippen LogP contribution in [0.15, 0.2) is 47.3 Å². The Labute approximate surface area is 214 Å². The minimum Gasteiger partial charge on any atom is -0.465 e. The van der Waals surface area contributed by atoms with Crippen LogP contribution in [-0.2, 0) is 9.53 Å². The molecule has 2 heterocycles. The maximum atomic E-state index is 13.6. The van der Waals surface area contributed by atoms with Crippen LogP contribution in [0.5, 0.6) is 0 Å². The maximum absolute atomic E-state index is 13.6. The van der Waals surface area contributed by atoms with E-state index in [4.69, 9.17) is 9.15 Å². The first kappa shape index (κ1) is 25.6. The minimum absolute atomic E-state index is 0.0373. The van der Waals surface area contributed by atoms with E-state index in [2.05, 4.69) is 17.2 Å². The molecule has 1 fully saturated rings. The van der Waals surface area contributed by atoms with Gasteiger partial charge in [-0.1, -0.05) is 19.1 Å². The molecule has 0 unspecified atom stereocenters. The van der Waals surface area contributed by atoms with Crippen molar-refractivity contribution in [3.63, 3.8) is 0 Å². The quantitative estimate of drug-likeness (QED) is 0.391. The second-order valence-corrected chi connectivity index (χ2v) is 10.5. The number of ether oxygens (including phenoxy) is 1. The van der Waals surface area contributed by atoms with Crippen molar-refractivity contribution >= 4 is 40.5 Å². The Morgan fingerprint density at radius 3 is 2.42 bits per heavy atom. The summed E-state index contributed by atoms with van der Waals surface area (Å²) in [6.07, 6.45) is 6.37. The molecule has 1 aliphatic rings. The molecule has 8 nitrogen and oxygen atoms in total. The van der Waals surface area contributed by atoms with Crippen molar-refractivity contribution in [3.05, 3.63) is 53.6 Å². The molecule has 2 amide bonds. The summed E-state index contributed by atoms with van der Waals surface area (Å²) in [5.74, 6) is -0.0664. The van der Waals surface area contributed by atoms with E-state index in [1.54, 1.807) is 17.0 Å². The molecule has 190 valence electrons. The summed E-state index contributed by atoms with van der Waals surface area (Å²) in [5, 5.41) is 2.76. The third-order valence-corrected chi connectivity index (χ3v) is 7.70. The van der Waals surface area contributed by atoms with E-state index >= 15 is 0 Å². The summed E-state index contributed by atoms with van der Waals surface area (Å²) < 4.78 is 10.1. The zero-order chi connectivity index (χ0) is 25.8. The van der Waals surface area contributed by atoms with Gasteiger partial charge in [-0.3, -0.25) is 9.59 Å². The van der Waals surface area contributed by atoms with Crippen LogP contribution >= 0.6 is 11.3 Å². The molecule has 0 bridgehead atoms. The molecule has 1 saturated carbocycles. The third kappa shape index (κ3) is 5.51. The summed E-state index contributed by atoms with van der Waals surface area (Å²) in [5.41, 5.74) is 2.04. The molecule has 4 rings (SSSR count). The Balaban J connectivity index is 1.61. The van der Waals surface area contributed by atoms with Crippen molar-refractivity contribution in [2.24, 2.45) is 11.8 Å². The summed E-state index contributed by atoms with van der Waals surface area (Å²) in [4.78, 5) is 45.3. The predicted octanol–water partition coefficient (Wildman–Crippen LogP) is 6.01. The highest BCUT2D eigenvalue weighted by Gasteiger charge is 2.33. The number of oxazole rings is 1. The minimum atomic E-state index is -0.465. The molecule has 0 atom stereocenters. The lowest BCUT2D eigenvalue weighted by molar-refractivity contribution is -0.123. The molecule has 1 N–H and O–H groups in total. The third-order valence-electron chi connectivity index (χ3n) is 6.55. The Kier molecular flexibility index (Phi) is 7.88. The first-order chi connectivity index (χ1) is 17.3. The van der Waals surface area contributed by atoms with Crippen LogP contribution in [0.1, 0.15) is 66.7 Å². The van der Waals surface area contributed by atoms with Gasteiger partial charge in [-0.2, -0.15) is 0 Å². The lowest BCUT2D eigenvalue weighted by Crippen LogP contribution is -2.42. The van der Waals surface area contributed by atoms with Crippen LogP contribution in [0.25, 0.3) is 10.4 Å². The van der Waals surface area contributed by atoms with Gasteiger partial charge in [-0.15, -0.1) is 11.3 Å². The summed E-state index contributed by atoms with van der Waals surface area (Å²) in [6.45, 7) is 6.16. The van der Waals surface area contributed by atoms with Gasteiger partial charge in [-0.05, 0) is 69.2 Å². The van der Waals surface area contributed by atoms with Crippen LogP contribution in [0.3, 0.4) is 0 Å². The molecule has 36 heavy (non-hydrogen) atoms. The van der Waals surface area contributed by atoms with Gasteiger partial charge in [0.05, 0.1) is 19.0 Å². The van der Waals surface area contributed by atoms with Crippen LogP contribution in [0.4, 0.5) is 11.4 Å². The Morgan fingerprint density at radius 2 is 1.83 bits per heavy atom. The molecule has 9 heteroatoms. The number of amides is 2. The second kappa shape index (κ2) is 11.1. The monoisotopic (exact) mass is 509 g/mol. The number of nitrogens with one attached hydrogen (secondary N) is 1. The number of aromatic nitrogens is 1. The highest BCUT2D eigenvalue weighted by atomic mass is 32.1. The van der Waals surface area contributed by atoms with Crippen molar-refractivity contribution in [1.82, 2.24) is 4.98 Å². The highest BCUT2D eigenvalue weighted by molar-refractivity contribution is 7.18. The number of hydrogen-bond donors (Lipinski definition) is 1. The highest BCUT2D eigenvalue weighted by Crippen LogP contribution is 2.40. The van der Waals surface area contributed by atoms with Gasteiger partial charge < -0.3 is 19.4 Å². The Hall–Kier alpha value is -3.46. The van der Waals surface area contributed by atoms with E-state index < -0.39 is 11.9 Å². The number of benzene rings is 1. The Morgan fingerprint density at radius 1 is 1.14 bits per heavy atom. The SMILES string of the molecule is COC(=O)c1sc(-c2ccc(NC(=O)c3cnco3)cc2)cc1N(C(=O)[C@H]1CC[C@H](C)CC1)C(C)C. The van der Waals surface area contributed by atoms with Crippen LogP contribution in [-0.4, -0.2) is 35.9 Å². The largest absolute Gasteiger partial charge is 0.465 e. The van der Waals surface area contributed by atoms with E-state index in [0.29, 0.717) is 22.2 Å². The second-order valence-electron chi connectivity index (χ2n) is 9.47.